The van der Waals surface area contributed by atoms with Gasteiger partial charge in [0.1, 0.15) is 5.82 Å². The molecule has 1 aromatic heterocycles. The fourth-order valence-electron chi connectivity index (χ4n) is 3.60. The van der Waals surface area contributed by atoms with Gasteiger partial charge in [-0.05, 0) is 52.4 Å². The average Bonchev–Trinajstić information content (AvgIpc) is 3.09. The third kappa shape index (κ3) is 3.78. The summed E-state index contributed by atoms with van der Waals surface area (Å²) in [6, 6.07) is 24.1. The number of benzene rings is 3. The van der Waals surface area contributed by atoms with Crippen molar-refractivity contribution in [2.24, 2.45) is 0 Å². The van der Waals surface area contributed by atoms with Gasteiger partial charge in [-0.25, -0.2) is 4.39 Å². The van der Waals surface area contributed by atoms with Crippen LogP contribution < -0.4 is 0 Å². The van der Waals surface area contributed by atoms with Crippen molar-refractivity contribution in [1.82, 2.24) is 4.57 Å². The number of aromatic nitrogens is 1. The lowest BCUT2D eigenvalue weighted by molar-refractivity contribution is -0.481. The van der Waals surface area contributed by atoms with Crippen LogP contribution in [0.1, 0.15) is 22.6 Å². The van der Waals surface area contributed by atoms with Crippen LogP contribution in [-0.2, 0) is 6.54 Å². The molecular weight excluding hydrogens is 355 g/mol. The molecule has 0 saturated heterocycles. The summed E-state index contributed by atoms with van der Waals surface area (Å²) in [5, 5.41) is 12.3. The van der Waals surface area contributed by atoms with Crippen molar-refractivity contribution in [2.75, 3.05) is 6.54 Å². The van der Waals surface area contributed by atoms with Gasteiger partial charge in [0.05, 0.1) is 5.92 Å². The highest BCUT2D eigenvalue weighted by molar-refractivity contribution is 5.81. The normalized spacial score (nSPS) is 12.2. The molecular formula is C23H19FN2O2. The van der Waals surface area contributed by atoms with Crippen molar-refractivity contribution in [1.29, 1.82) is 0 Å². The van der Waals surface area contributed by atoms with Crippen LogP contribution in [0.3, 0.4) is 0 Å². The van der Waals surface area contributed by atoms with Gasteiger partial charge in [0.2, 0.25) is 6.54 Å². The minimum atomic E-state index is -0.419. The zero-order chi connectivity index (χ0) is 19.5. The maximum absolute atomic E-state index is 13.3. The first-order chi connectivity index (χ1) is 13.6. The second kappa shape index (κ2) is 7.64. The molecule has 0 aliphatic carbocycles. The summed E-state index contributed by atoms with van der Waals surface area (Å²) in [7, 11) is 0. The van der Waals surface area contributed by atoms with Crippen LogP contribution in [-0.4, -0.2) is 16.0 Å². The van der Waals surface area contributed by atoms with Crippen LogP contribution in [0, 0.1) is 15.9 Å². The predicted molar refractivity (Wildman–Crippen MR) is 108 cm³/mol. The maximum Gasteiger partial charge on any atom is 0.214 e. The van der Waals surface area contributed by atoms with E-state index in [0.29, 0.717) is 0 Å². The van der Waals surface area contributed by atoms with Crippen molar-refractivity contribution in [3.63, 3.8) is 0 Å². The lowest BCUT2D eigenvalue weighted by Gasteiger charge is -2.15. The molecule has 1 unspecified atom stereocenters. The number of nitro groups is 1. The van der Waals surface area contributed by atoms with Crippen molar-refractivity contribution in [3.8, 4) is 0 Å². The fraction of sp³-hybridized carbons (Fsp3) is 0.130. The smallest absolute Gasteiger partial charge is 0.214 e. The fourth-order valence-corrected chi connectivity index (χ4v) is 3.60. The Bertz CT molecular complexity index is 1100. The standard InChI is InChI=1S/C23H19FN2O2/c24-21-9-6-18(7-10-21)22(16-26(27)28)19-8-11-23-20(14-19)12-13-25(23)15-17-4-2-1-3-5-17/h1-14,22H,15-16H2. The molecule has 0 amide bonds. The molecule has 4 aromatic rings. The lowest BCUT2D eigenvalue weighted by Crippen LogP contribution is -2.14. The number of fused-ring (bicyclic) bond motifs is 1. The monoisotopic (exact) mass is 374 g/mol. The van der Waals surface area contributed by atoms with E-state index < -0.39 is 5.92 Å². The first-order valence-corrected chi connectivity index (χ1v) is 9.10. The number of hydrogen-bond acceptors (Lipinski definition) is 2. The average molecular weight is 374 g/mol. The minimum absolute atomic E-state index is 0.234. The summed E-state index contributed by atoms with van der Waals surface area (Å²) < 4.78 is 15.4. The molecule has 0 bridgehead atoms. The second-order valence-electron chi connectivity index (χ2n) is 6.87. The van der Waals surface area contributed by atoms with E-state index in [2.05, 4.69) is 16.7 Å². The Balaban J connectivity index is 1.69. The summed E-state index contributed by atoms with van der Waals surface area (Å²) in [4.78, 5) is 10.9. The highest BCUT2D eigenvalue weighted by Crippen LogP contribution is 2.29. The molecule has 0 fully saturated rings. The zero-order valence-corrected chi connectivity index (χ0v) is 15.2. The Morgan fingerprint density at radius 3 is 2.36 bits per heavy atom. The number of nitrogens with zero attached hydrogens (tertiary/aromatic N) is 2. The Kier molecular flexibility index (Phi) is 4.89. The SMILES string of the molecule is O=[N+]([O-])CC(c1ccc(F)cc1)c1ccc2c(ccn2Cc2ccccc2)c1. The first-order valence-electron chi connectivity index (χ1n) is 9.10. The van der Waals surface area contributed by atoms with E-state index in [1.165, 1.54) is 17.7 Å². The van der Waals surface area contributed by atoms with E-state index in [9.17, 15) is 14.5 Å². The summed E-state index contributed by atoms with van der Waals surface area (Å²) in [5.41, 5.74) is 3.88. The molecule has 0 spiro atoms. The second-order valence-corrected chi connectivity index (χ2v) is 6.87. The summed E-state index contributed by atoms with van der Waals surface area (Å²) in [6.07, 6.45) is 2.03. The van der Waals surface area contributed by atoms with Crippen LogP contribution >= 0.6 is 0 Å². The maximum atomic E-state index is 13.3. The zero-order valence-electron chi connectivity index (χ0n) is 15.2. The van der Waals surface area contributed by atoms with E-state index in [0.717, 1.165) is 28.6 Å². The van der Waals surface area contributed by atoms with Crippen molar-refractivity contribution >= 4 is 10.9 Å². The summed E-state index contributed by atoms with van der Waals surface area (Å²) >= 11 is 0. The van der Waals surface area contributed by atoms with Gasteiger partial charge in [-0.2, -0.15) is 0 Å². The van der Waals surface area contributed by atoms with Crippen LogP contribution in [0.2, 0.25) is 0 Å². The molecule has 4 nitrogen and oxygen atoms in total. The van der Waals surface area contributed by atoms with Crippen molar-refractivity contribution in [3.05, 3.63) is 118 Å². The van der Waals surface area contributed by atoms with E-state index in [1.807, 2.05) is 48.7 Å². The number of rotatable bonds is 6. The van der Waals surface area contributed by atoms with E-state index in [4.69, 9.17) is 0 Å². The first kappa shape index (κ1) is 17.9. The van der Waals surface area contributed by atoms with E-state index in [1.54, 1.807) is 12.1 Å². The third-order valence-electron chi connectivity index (χ3n) is 5.00. The molecule has 5 heteroatoms. The molecule has 1 atom stereocenters. The lowest BCUT2D eigenvalue weighted by atomic mass is 9.90. The predicted octanol–water partition coefficient (Wildman–Crippen LogP) is 5.24. The van der Waals surface area contributed by atoms with Crippen LogP contribution in [0.5, 0.6) is 0 Å². The van der Waals surface area contributed by atoms with Crippen LogP contribution in [0.15, 0.2) is 85.1 Å². The van der Waals surface area contributed by atoms with Gasteiger partial charge in [-0.15, -0.1) is 0 Å². The molecule has 3 aromatic carbocycles. The molecule has 0 radical (unpaired) electrons. The Hall–Kier alpha value is -3.47. The number of halogens is 1. The number of hydrogen-bond donors (Lipinski definition) is 0. The van der Waals surface area contributed by atoms with Gasteiger partial charge < -0.3 is 4.57 Å². The molecule has 28 heavy (non-hydrogen) atoms. The van der Waals surface area contributed by atoms with Gasteiger partial charge in [0.15, 0.2) is 0 Å². The topological polar surface area (TPSA) is 48.1 Å². The molecule has 0 saturated carbocycles. The third-order valence-corrected chi connectivity index (χ3v) is 5.00. The Morgan fingerprint density at radius 1 is 0.929 bits per heavy atom. The summed E-state index contributed by atoms with van der Waals surface area (Å²) in [6.45, 7) is 0.530. The van der Waals surface area contributed by atoms with Crippen molar-refractivity contribution < 1.29 is 9.31 Å². The summed E-state index contributed by atoms with van der Waals surface area (Å²) in [5.74, 6) is -0.769. The van der Waals surface area contributed by atoms with Gasteiger partial charge in [-0.3, -0.25) is 10.1 Å². The molecule has 1 heterocycles. The van der Waals surface area contributed by atoms with Gasteiger partial charge >= 0.3 is 0 Å². The van der Waals surface area contributed by atoms with Crippen LogP contribution in [0.25, 0.3) is 10.9 Å². The quantitative estimate of drug-likeness (QED) is 0.342. The molecule has 4 rings (SSSR count). The Morgan fingerprint density at radius 2 is 1.64 bits per heavy atom. The van der Waals surface area contributed by atoms with Gasteiger partial charge in [0, 0.05) is 23.2 Å². The van der Waals surface area contributed by atoms with Crippen LogP contribution in [0.4, 0.5) is 4.39 Å². The van der Waals surface area contributed by atoms with E-state index in [-0.39, 0.29) is 17.3 Å². The Labute approximate surface area is 162 Å². The van der Waals surface area contributed by atoms with Gasteiger partial charge in [0.25, 0.3) is 0 Å². The highest BCUT2D eigenvalue weighted by Gasteiger charge is 2.21. The molecule has 140 valence electrons. The molecule has 0 N–H and O–H groups in total. The minimum Gasteiger partial charge on any atom is -0.343 e. The van der Waals surface area contributed by atoms with E-state index >= 15 is 0 Å². The molecule has 0 aliphatic rings. The van der Waals surface area contributed by atoms with Gasteiger partial charge in [-0.1, -0.05) is 48.5 Å². The molecule has 0 aliphatic heterocycles. The largest absolute Gasteiger partial charge is 0.343 e. The van der Waals surface area contributed by atoms with Crippen molar-refractivity contribution in [2.45, 2.75) is 12.5 Å². The highest BCUT2D eigenvalue weighted by atomic mass is 19.1.